The molecule has 0 radical (unpaired) electrons. The molecule has 0 saturated carbocycles. The van der Waals surface area contributed by atoms with E-state index in [0.717, 1.165) is 28.6 Å². The number of aryl methyl sites for hydroxylation is 1. The minimum atomic E-state index is -0.152. The van der Waals surface area contributed by atoms with Gasteiger partial charge in [-0.2, -0.15) is 0 Å². The third kappa shape index (κ3) is 3.33. The van der Waals surface area contributed by atoms with Crippen LogP contribution < -0.4 is 5.73 Å². The van der Waals surface area contributed by atoms with E-state index in [1.54, 1.807) is 0 Å². The van der Waals surface area contributed by atoms with Crippen molar-refractivity contribution in [1.29, 1.82) is 0 Å². The maximum absolute atomic E-state index is 10.9. The van der Waals surface area contributed by atoms with E-state index in [0.29, 0.717) is 5.02 Å². The molecule has 20 heavy (non-hydrogen) atoms. The monoisotopic (exact) mass is 292 g/mol. The Bertz CT molecular complexity index is 674. The molecule has 106 valence electrons. The Hall–Kier alpha value is -1.94. The first-order valence-corrected chi connectivity index (χ1v) is 6.78. The van der Waals surface area contributed by atoms with Crippen LogP contribution in [-0.2, 0) is 22.6 Å². The first-order chi connectivity index (χ1) is 9.49. The molecule has 0 spiro atoms. The molecule has 0 unspecified atom stereocenters. The number of rotatable bonds is 5. The standard InChI is InChI=1S/C15H17ClN2O2/c1-3-12-5-10-6-13(16)11(7-14(10)18-12)8-20-15(17)4-9(2)19/h4-7,18H,3,8,17H2,1-2H3/b15-4+. The van der Waals surface area contributed by atoms with Crippen LogP contribution in [0.5, 0.6) is 0 Å². The summed E-state index contributed by atoms with van der Waals surface area (Å²) in [4.78, 5) is 14.2. The van der Waals surface area contributed by atoms with E-state index in [4.69, 9.17) is 22.1 Å². The number of fused-ring (bicyclic) bond motifs is 1. The van der Waals surface area contributed by atoms with Gasteiger partial charge in [-0.25, -0.2) is 0 Å². The van der Waals surface area contributed by atoms with E-state index in [1.165, 1.54) is 13.0 Å². The topological polar surface area (TPSA) is 68.1 Å². The molecule has 2 aromatic rings. The number of ether oxygens (including phenoxy) is 1. The summed E-state index contributed by atoms with van der Waals surface area (Å²) in [5.74, 6) is -0.0598. The summed E-state index contributed by atoms with van der Waals surface area (Å²) in [6.45, 7) is 3.73. The minimum absolute atomic E-state index is 0.0920. The van der Waals surface area contributed by atoms with Crippen LogP contribution in [0.15, 0.2) is 30.2 Å². The van der Waals surface area contributed by atoms with E-state index in [1.807, 2.05) is 12.1 Å². The van der Waals surface area contributed by atoms with Crippen LogP contribution in [0.25, 0.3) is 10.9 Å². The quantitative estimate of drug-likeness (QED) is 0.656. The highest BCUT2D eigenvalue weighted by atomic mass is 35.5. The van der Waals surface area contributed by atoms with E-state index in [2.05, 4.69) is 18.0 Å². The van der Waals surface area contributed by atoms with Crippen molar-refractivity contribution >= 4 is 28.3 Å². The number of H-pyrrole nitrogens is 1. The summed E-state index contributed by atoms with van der Waals surface area (Å²) < 4.78 is 5.32. The second-order valence-electron chi connectivity index (χ2n) is 4.63. The second kappa shape index (κ2) is 6.01. The zero-order valence-electron chi connectivity index (χ0n) is 11.5. The lowest BCUT2D eigenvalue weighted by atomic mass is 10.1. The van der Waals surface area contributed by atoms with Crippen molar-refractivity contribution in [3.8, 4) is 0 Å². The van der Waals surface area contributed by atoms with Crippen molar-refractivity contribution in [3.63, 3.8) is 0 Å². The Morgan fingerprint density at radius 3 is 2.85 bits per heavy atom. The van der Waals surface area contributed by atoms with Gasteiger partial charge in [0.05, 0.1) is 0 Å². The van der Waals surface area contributed by atoms with Crippen molar-refractivity contribution in [2.24, 2.45) is 5.73 Å². The molecule has 2 rings (SSSR count). The van der Waals surface area contributed by atoms with Crippen LogP contribution >= 0.6 is 11.6 Å². The van der Waals surface area contributed by atoms with Crippen LogP contribution in [0.1, 0.15) is 25.1 Å². The number of nitrogens with two attached hydrogens (primary N) is 1. The summed E-state index contributed by atoms with van der Waals surface area (Å²) in [6.07, 6.45) is 2.18. The SMILES string of the molecule is CCc1cc2cc(Cl)c(CO/C(N)=C/C(C)=O)cc2[nH]1. The smallest absolute Gasteiger partial charge is 0.187 e. The number of halogens is 1. The maximum Gasteiger partial charge on any atom is 0.187 e. The summed E-state index contributed by atoms with van der Waals surface area (Å²) in [7, 11) is 0. The van der Waals surface area contributed by atoms with Crippen molar-refractivity contribution in [1.82, 2.24) is 4.98 Å². The molecule has 0 aliphatic rings. The van der Waals surface area contributed by atoms with Crippen LogP contribution in [0, 0.1) is 0 Å². The zero-order valence-corrected chi connectivity index (χ0v) is 12.3. The average Bonchev–Trinajstić information content (AvgIpc) is 2.77. The first-order valence-electron chi connectivity index (χ1n) is 6.40. The molecule has 1 heterocycles. The molecule has 1 aromatic heterocycles. The van der Waals surface area contributed by atoms with Crippen LogP contribution in [0.4, 0.5) is 0 Å². The zero-order chi connectivity index (χ0) is 14.7. The van der Waals surface area contributed by atoms with Gasteiger partial charge < -0.3 is 15.5 Å². The molecule has 3 N–H and O–H groups in total. The first kappa shape index (κ1) is 14.5. The number of benzene rings is 1. The number of carbonyl (C=O) groups excluding carboxylic acids is 1. The van der Waals surface area contributed by atoms with Crippen molar-refractivity contribution < 1.29 is 9.53 Å². The molecule has 1 aromatic carbocycles. The Morgan fingerprint density at radius 1 is 1.45 bits per heavy atom. The summed E-state index contributed by atoms with van der Waals surface area (Å²) in [6, 6.07) is 5.92. The number of nitrogens with one attached hydrogen (secondary N) is 1. The summed E-state index contributed by atoms with van der Waals surface area (Å²) >= 11 is 6.22. The number of ketones is 1. The molecule has 4 nitrogen and oxygen atoms in total. The molecule has 0 fully saturated rings. The van der Waals surface area contributed by atoms with Gasteiger partial charge in [0, 0.05) is 33.3 Å². The van der Waals surface area contributed by atoms with Gasteiger partial charge in [-0.3, -0.25) is 4.79 Å². The summed E-state index contributed by atoms with van der Waals surface area (Å²) in [5, 5.41) is 1.69. The van der Waals surface area contributed by atoms with E-state index < -0.39 is 0 Å². The second-order valence-corrected chi connectivity index (χ2v) is 5.03. The predicted octanol–water partition coefficient (Wildman–Crippen LogP) is 3.29. The maximum atomic E-state index is 10.9. The molecular formula is C15H17ClN2O2. The number of aromatic amines is 1. The van der Waals surface area contributed by atoms with E-state index >= 15 is 0 Å². The van der Waals surface area contributed by atoms with Crippen molar-refractivity contribution in [2.45, 2.75) is 26.9 Å². The normalized spacial score (nSPS) is 11.8. The van der Waals surface area contributed by atoms with Gasteiger partial charge in [-0.05, 0) is 31.5 Å². The van der Waals surface area contributed by atoms with E-state index in [9.17, 15) is 4.79 Å². The van der Waals surface area contributed by atoms with Crippen LogP contribution in [0.3, 0.4) is 0 Å². The van der Waals surface area contributed by atoms with Crippen LogP contribution in [-0.4, -0.2) is 10.8 Å². The third-order valence-electron chi connectivity index (χ3n) is 2.96. The predicted molar refractivity (Wildman–Crippen MR) is 80.4 cm³/mol. The highest BCUT2D eigenvalue weighted by Gasteiger charge is 2.07. The lowest BCUT2D eigenvalue weighted by molar-refractivity contribution is -0.112. The van der Waals surface area contributed by atoms with Crippen molar-refractivity contribution in [3.05, 3.63) is 46.4 Å². The minimum Gasteiger partial charge on any atom is -0.474 e. The highest BCUT2D eigenvalue weighted by Crippen LogP contribution is 2.25. The fourth-order valence-electron chi connectivity index (χ4n) is 1.96. The molecule has 0 atom stereocenters. The number of hydrogen-bond acceptors (Lipinski definition) is 3. The average molecular weight is 293 g/mol. The van der Waals surface area contributed by atoms with Gasteiger partial charge in [0.25, 0.3) is 0 Å². The van der Waals surface area contributed by atoms with Gasteiger partial charge >= 0.3 is 0 Å². The van der Waals surface area contributed by atoms with Gasteiger partial charge in [0.2, 0.25) is 0 Å². The molecule has 0 amide bonds. The molecule has 0 aliphatic heterocycles. The molecule has 0 aliphatic carbocycles. The number of carbonyl (C=O) groups is 1. The lowest BCUT2D eigenvalue weighted by Crippen LogP contribution is -2.05. The molecule has 0 saturated heterocycles. The number of hydrogen-bond donors (Lipinski definition) is 2. The Morgan fingerprint density at radius 2 is 2.20 bits per heavy atom. The summed E-state index contributed by atoms with van der Waals surface area (Å²) in [5.41, 5.74) is 8.57. The number of allylic oxidation sites excluding steroid dienone is 1. The Kier molecular flexibility index (Phi) is 4.35. The highest BCUT2D eigenvalue weighted by molar-refractivity contribution is 6.32. The van der Waals surface area contributed by atoms with Gasteiger partial charge in [0.1, 0.15) is 6.61 Å². The molecular weight excluding hydrogens is 276 g/mol. The third-order valence-corrected chi connectivity index (χ3v) is 3.32. The van der Waals surface area contributed by atoms with Crippen LogP contribution in [0.2, 0.25) is 5.02 Å². The fourth-order valence-corrected chi connectivity index (χ4v) is 2.19. The van der Waals surface area contributed by atoms with Crippen molar-refractivity contribution in [2.75, 3.05) is 0 Å². The van der Waals surface area contributed by atoms with Gasteiger partial charge in [-0.15, -0.1) is 0 Å². The van der Waals surface area contributed by atoms with E-state index in [-0.39, 0.29) is 18.3 Å². The van der Waals surface area contributed by atoms with Gasteiger partial charge in [0.15, 0.2) is 11.7 Å². The largest absolute Gasteiger partial charge is 0.474 e. The Labute approximate surface area is 122 Å². The molecule has 5 heteroatoms. The molecule has 0 bridgehead atoms. The van der Waals surface area contributed by atoms with Gasteiger partial charge in [-0.1, -0.05) is 18.5 Å². The fraction of sp³-hybridized carbons (Fsp3) is 0.267. The Balaban J connectivity index is 2.21. The lowest BCUT2D eigenvalue weighted by Gasteiger charge is -2.07. The number of aromatic nitrogens is 1.